The second kappa shape index (κ2) is 7.08. The first-order chi connectivity index (χ1) is 8.52. The minimum Gasteiger partial charge on any atom is -0.434 e. The third kappa shape index (κ3) is 4.81. The molecule has 1 aromatic carbocycles. The average molecular weight is 293 g/mol. The van der Waals surface area contributed by atoms with Gasteiger partial charge in [0.05, 0.1) is 16.7 Å². The van der Waals surface area contributed by atoms with Gasteiger partial charge >= 0.3 is 12.3 Å². The maximum absolute atomic E-state index is 11.0. The van der Waals surface area contributed by atoms with Crippen LogP contribution in [-0.2, 0) is 20.8 Å². The molecular weight excluding hydrogens is 283 g/mol. The monoisotopic (exact) mass is 292 g/mol. The maximum atomic E-state index is 11.0. The fourth-order valence-electron chi connectivity index (χ4n) is 1.02. The van der Waals surface area contributed by atoms with Gasteiger partial charge in [0, 0.05) is 0 Å². The molecule has 0 atom stereocenters. The lowest BCUT2D eigenvalue weighted by atomic mass is 10.2. The Kier molecular flexibility index (Phi) is 5.74. The molecule has 0 spiro atoms. The van der Waals surface area contributed by atoms with Gasteiger partial charge < -0.3 is 14.2 Å². The number of hydrogen-bond donors (Lipinski definition) is 0. The summed E-state index contributed by atoms with van der Waals surface area (Å²) in [5.74, 6) is 0. The van der Waals surface area contributed by atoms with Crippen LogP contribution in [0.1, 0.15) is 12.5 Å². The lowest BCUT2D eigenvalue weighted by Gasteiger charge is -2.05. The first-order valence-corrected chi connectivity index (χ1v) is 5.73. The summed E-state index contributed by atoms with van der Waals surface area (Å²) in [5.41, 5.74) is 0.616. The summed E-state index contributed by atoms with van der Waals surface area (Å²) < 4.78 is 13.3. The van der Waals surface area contributed by atoms with Crippen molar-refractivity contribution >= 4 is 35.5 Å². The average Bonchev–Trinajstić information content (AvgIpc) is 2.31. The number of rotatable bonds is 3. The Morgan fingerprint density at radius 3 is 2.39 bits per heavy atom. The van der Waals surface area contributed by atoms with E-state index in [2.05, 4.69) is 14.2 Å². The predicted octanol–water partition coefficient (Wildman–Crippen LogP) is 3.80. The zero-order valence-corrected chi connectivity index (χ0v) is 11.0. The van der Waals surface area contributed by atoms with Crippen LogP contribution in [0.25, 0.3) is 0 Å². The molecule has 18 heavy (non-hydrogen) atoms. The molecule has 0 fully saturated rings. The SMILES string of the molecule is CCOC(=O)OC(=O)OCc1ccc(Cl)c(Cl)c1. The van der Waals surface area contributed by atoms with Gasteiger partial charge in [-0.2, -0.15) is 0 Å². The van der Waals surface area contributed by atoms with Gasteiger partial charge in [0.2, 0.25) is 0 Å². The van der Waals surface area contributed by atoms with Crippen LogP contribution in [0.2, 0.25) is 10.0 Å². The van der Waals surface area contributed by atoms with Gasteiger partial charge in [0.25, 0.3) is 0 Å². The topological polar surface area (TPSA) is 61.8 Å². The molecule has 1 aromatic rings. The van der Waals surface area contributed by atoms with Crippen molar-refractivity contribution in [2.24, 2.45) is 0 Å². The number of hydrogen-bond acceptors (Lipinski definition) is 5. The van der Waals surface area contributed by atoms with Crippen LogP contribution in [-0.4, -0.2) is 18.9 Å². The number of benzene rings is 1. The van der Waals surface area contributed by atoms with Gasteiger partial charge in [-0.1, -0.05) is 29.3 Å². The molecule has 0 radical (unpaired) electrons. The summed E-state index contributed by atoms with van der Waals surface area (Å²) in [4.78, 5) is 21.8. The first kappa shape index (κ1) is 14.6. The molecule has 0 unspecified atom stereocenters. The summed E-state index contributed by atoms with van der Waals surface area (Å²) in [5, 5.41) is 0.742. The molecule has 0 aliphatic heterocycles. The van der Waals surface area contributed by atoms with E-state index in [1.165, 1.54) is 0 Å². The second-order valence-electron chi connectivity index (χ2n) is 3.07. The van der Waals surface area contributed by atoms with E-state index in [1.54, 1.807) is 25.1 Å². The van der Waals surface area contributed by atoms with Crippen molar-refractivity contribution in [1.29, 1.82) is 0 Å². The zero-order chi connectivity index (χ0) is 13.5. The van der Waals surface area contributed by atoms with Crippen LogP contribution in [0.5, 0.6) is 0 Å². The van der Waals surface area contributed by atoms with E-state index in [1.807, 2.05) is 0 Å². The molecule has 0 saturated heterocycles. The van der Waals surface area contributed by atoms with Crippen molar-refractivity contribution in [3.63, 3.8) is 0 Å². The number of ether oxygens (including phenoxy) is 3. The molecule has 0 amide bonds. The minimum absolute atomic E-state index is 0.0882. The van der Waals surface area contributed by atoms with Gasteiger partial charge in [-0.3, -0.25) is 0 Å². The van der Waals surface area contributed by atoms with E-state index in [0.29, 0.717) is 15.6 Å². The lowest BCUT2D eigenvalue weighted by Crippen LogP contribution is -2.14. The maximum Gasteiger partial charge on any atom is 0.518 e. The second-order valence-corrected chi connectivity index (χ2v) is 3.89. The molecule has 98 valence electrons. The summed E-state index contributed by atoms with van der Waals surface area (Å²) >= 11 is 11.5. The fraction of sp³-hybridized carbons (Fsp3) is 0.273. The van der Waals surface area contributed by atoms with Crippen LogP contribution >= 0.6 is 23.2 Å². The molecule has 0 aromatic heterocycles. The van der Waals surface area contributed by atoms with E-state index < -0.39 is 12.3 Å². The molecule has 0 heterocycles. The van der Waals surface area contributed by atoms with E-state index in [4.69, 9.17) is 23.2 Å². The highest BCUT2D eigenvalue weighted by Gasteiger charge is 2.12. The molecule has 0 aliphatic carbocycles. The van der Waals surface area contributed by atoms with Crippen molar-refractivity contribution in [3.8, 4) is 0 Å². The number of carbonyl (C=O) groups is 2. The number of halogens is 2. The Labute approximate surface area is 114 Å². The van der Waals surface area contributed by atoms with Crippen LogP contribution < -0.4 is 0 Å². The summed E-state index contributed by atoms with van der Waals surface area (Å²) in [7, 11) is 0. The van der Waals surface area contributed by atoms with Gasteiger partial charge in [-0.15, -0.1) is 0 Å². The van der Waals surface area contributed by atoms with Crippen molar-refractivity contribution in [2.75, 3.05) is 6.61 Å². The molecule has 0 bridgehead atoms. The molecule has 1 rings (SSSR count). The molecular formula is C11H10Cl2O5. The standard InChI is InChI=1S/C11H10Cl2O5/c1-2-16-10(14)18-11(15)17-6-7-3-4-8(12)9(13)5-7/h3-5H,2,6H2,1H3. The zero-order valence-electron chi connectivity index (χ0n) is 9.44. The van der Waals surface area contributed by atoms with Crippen LogP contribution in [0.4, 0.5) is 9.59 Å². The van der Waals surface area contributed by atoms with E-state index >= 15 is 0 Å². The Bertz CT molecular complexity index is 447. The first-order valence-electron chi connectivity index (χ1n) is 4.98. The highest BCUT2D eigenvalue weighted by molar-refractivity contribution is 6.42. The molecule has 0 aliphatic rings. The Morgan fingerprint density at radius 2 is 1.78 bits per heavy atom. The van der Waals surface area contributed by atoms with Crippen molar-refractivity contribution in [1.82, 2.24) is 0 Å². The van der Waals surface area contributed by atoms with Gasteiger partial charge in [0.15, 0.2) is 0 Å². The van der Waals surface area contributed by atoms with Gasteiger partial charge in [0.1, 0.15) is 6.61 Å². The van der Waals surface area contributed by atoms with Crippen LogP contribution in [0.3, 0.4) is 0 Å². The fourth-order valence-corrected chi connectivity index (χ4v) is 1.34. The summed E-state index contributed by atoms with van der Waals surface area (Å²) in [6.45, 7) is 1.61. The Balaban J connectivity index is 2.42. The molecule has 7 heteroatoms. The van der Waals surface area contributed by atoms with Gasteiger partial charge in [-0.25, -0.2) is 9.59 Å². The quantitative estimate of drug-likeness (QED) is 0.626. The predicted molar refractivity (Wildman–Crippen MR) is 64.8 cm³/mol. The van der Waals surface area contributed by atoms with Crippen LogP contribution in [0, 0.1) is 0 Å². The molecule has 0 saturated carbocycles. The van der Waals surface area contributed by atoms with Crippen molar-refractivity contribution in [2.45, 2.75) is 13.5 Å². The van der Waals surface area contributed by atoms with Gasteiger partial charge in [-0.05, 0) is 24.6 Å². The smallest absolute Gasteiger partial charge is 0.434 e. The largest absolute Gasteiger partial charge is 0.518 e. The third-order valence-electron chi connectivity index (χ3n) is 1.77. The number of carbonyl (C=O) groups excluding carboxylic acids is 2. The van der Waals surface area contributed by atoms with Crippen molar-refractivity contribution in [3.05, 3.63) is 33.8 Å². The van der Waals surface area contributed by atoms with E-state index in [0.717, 1.165) is 0 Å². The normalized spacial score (nSPS) is 9.72. The minimum atomic E-state index is -1.14. The van der Waals surface area contributed by atoms with E-state index in [-0.39, 0.29) is 13.2 Å². The summed E-state index contributed by atoms with van der Waals surface area (Å²) in [6, 6.07) is 4.74. The Hall–Kier alpha value is -1.46. The third-order valence-corrected chi connectivity index (χ3v) is 2.51. The van der Waals surface area contributed by atoms with Crippen LogP contribution in [0.15, 0.2) is 18.2 Å². The highest BCUT2D eigenvalue weighted by Crippen LogP contribution is 2.22. The summed E-state index contributed by atoms with van der Waals surface area (Å²) in [6.07, 6.45) is -2.24. The molecule has 0 N–H and O–H groups in total. The Morgan fingerprint density at radius 1 is 1.11 bits per heavy atom. The molecule has 5 nitrogen and oxygen atoms in total. The van der Waals surface area contributed by atoms with E-state index in [9.17, 15) is 9.59 Å². The van der Waals surface area contributed by atoms with Crippen molar-refractivity contribution < 1.29 is 23.8 Å². The highest BCUT2D eigenvalue weighted by atomic mass is 35.5. The lowest BCUT2D eigenvalue weighted by molar-refractivity contribution is 0.0353.